The Balaban J connectivity index is 2.26. The van der Waals surface area contributed by atoms with Gasteiger partial charge in [0.05, 0.1) is 39.9 Å². The Hall–Kier alpha value is -0.990. The molecule has 1 aromatic carbocycles. The molecule has 9 heteroatoms. The van der Waals surface area contributed by atoms with E-state index in [0.29, 0.717) is 0 Å². The van der Waals surface area contributed by atoms with E-state index in [-0.39, 0.29) is 16.5 Å². The summed E-state index contributed by atoms with van der Waals surface area (Å²) in [5.74, 6) is -0.762. The zero-order valence-corrected chi connectivity index (χ0v) is 11.6. The van der Waals surface area contributed by atoms with Crippen molar-refractivity contribution in [3.05, 3.63) is 28.8 Å². The predicted octanol–water partition coefficient (Wildman–Crippen LogP) is 1.93. The second-order valence-corrected chi connectivity index (χ2v) is 7.15. The molecule has 0 bridgehead atoms. The smallest absolute Gasteiger partial charge is 0.390 e. The van der Waals surface area contributed by atoms with Gasteiger partial charge in [-0.2, -0.15) is 13.2 Å². The van der Waals surface area contributed by atoms with Crippen LogP contribution in [0.5, 0.6) is 0 Å². The fraction of sp³-hybridized carbons (Fsp3) is 0.455. The molecule has 0 radical (unpaired) electrons. The number of alkyl halides is 3. The molecular weight excluding hydrogens is 319 g/mol. The molecule has 1 aromatic rings. The lowest BCUT2D eigenvalue weighted by Crippen LogP contribution is -2.32. The monoisotopic (exact) mass is 329 g/mol. The quantitative estimate of drug-likeness (QED) is 0.870. The Morgan fingerprint density at radius 2 is 1.95 bits per heavy atom. The zero-order chi connectivity index (χ0) is 15.1. The van der Waals surface area contributed by atoms with E-state index in [2.05, 4.69) is 5.32 Å². The zero-order valence-electron chi connectivity index (χ0n) is 9.98. The van der Waals surface area contributed by atoms with Crippen LogP contribution >= 0.6 is 11.6 Å². The van der Waals surface area contributed by atoms with Crippen molar-refractivity contribution in [2.24, 2.45) is 0 Å². The van der Waals surface area contributed by atoms with Crippen LogP contribution in [-0.2, 0) is 16.0 Å². The second-order valence-electron chi connectivity index (χ2n) is 4.59. The topological polar surface area (TPSA) is 66.4 Å². The van der Waals surface area contributed by atoms with E-state index < -0.39 is 39.5 Å². The highest BCUT2D eigenvalue weighted by Gasteiger charge is 2.37. The molecule has 1 saturated heterocycles. The van der Waals surface area contributed by atoms with Gasteiger partial charge >= 0.3 is 6.18 Å². The second kappa shape index (κ2) is 5.09. The van der Waals surface area contributed by atoms with E-state index >= 15 is 0 Å². The predicted molar refractivity (Wildman–Crippen MR) is 68.5 cm³/mol. The van der Waals surface area contributed by atoms with Crippen LogP contribution in [0.4, 0.5) is 18.9 Å². The standard InChI is InChI=1S/C11H11ClF3NO3S/c12-7-2-1-6(11(13,14)15)3-8(7)16-9-4-20(18,19)5-10(9)17/h1-3,9-10,16-17H,4-5H2. The van der Waals surface area contributed by atoms with Crippen LogP contribution < -0.4 is 5.32 Å². The van der Waals surface area contributed by atoms with Crippen molar-refractivity contribution in [2.75, 3.05) is 16.8 Å². The van der Waals surface area contributed by atoms with Gasteiger partial charge in [-0.05, 0) is 18.2 Å². The number of aliphatic hydroxyl groups excluding tert-OH is 1. The molecule has 2 atom stereocenters. The summed E-state index contributed by atoms with van der Waals surface area (Å²) in [6.07, 6.45) is -5.70. The summed E-state index contributed by atoms with van der Waals surface area (Å²) in [5.41, 5.74) is -0.956. The van der Waals surface area contributed by atoms with Gasteiger partial charge in [0.15, 0.2) is 9.84 Å². The van der Waals surface area contributed by atoms with Gasteiger partial charge in [0, 0.05) is 0 Å². The summed E-state index contributed by atoms with van der Waals surface area (Å²) >= 11 is 5.78. The number of aliphatic hydroxyl groups is 1. The summed E-state index contributed by atoms with van der Waals surface area (Å²) in [4.78, 5) is 0. The molecule has 1 heterocycles. The normalized spacial score (nSPS) is 25.6. The number of anilines is 1. The minimum atomic E-state index is -4.53. The maximum atomic E-state index is 12.6. The lowest BCUT2D eigenvalue weighted by atomic mass is 10.1. The van der Waals surface area contributed by atoms with Crippen LogP contribution in [-0.4, -0.2) is 37.2 Å². The number of halogens is 4. The lowest BCUT2D eigenvalue weighted by Gasteiger charge is -2.18. The first kappa shape index (κ1) is 15.4. The molecule has 112 valence electrons. The third-order valence-electron chi connectivity index (χ3n) is 2.96. The summed E-state index contributed by atoms with van der Waals surface area (Å²) in [6.45, 7) is 0. The van der Waals surface area contributed by atoms with Gasteiger partial charge < -0.3 is 10.4 Å². The van der Waals surface area contributed by atoms with Crippen LogP contribution in [0.2, 0.25) is 5.02 Å². The number of hydrogen-bond acceptors (Lipinski definition) is 4. The summed E-state index contributed by atoms with van der Waals surface area (Å²) in [5, 5.41) is 12.2. The molecule has 1 fully saturated rings. The van der Waals surface area contributed by atoms with Crippen molar-refractivity contribution in [1.82, 2.24) is 0 Å². The largest absolute Gasteiger partial charge is 0.416 e. The van der Waals surface area contributed by atoms with Gasteiger partial charge in [-0.15, -0.1) is 0 Å². The molecule has 4 nitrogen and oxygen atoms in total. The van der Waals surface area contributed by atoms with Gasteiger partial charge in [-0.1, -0.05) is 11.6 Å². The van der Waals surface area contributed by atoms with Crippen molar-refractivity contribution in [3.8, 4) is 0 Å². The first-order valence-corrected chi connectivity index (χ1v) is 7.80. The van der Waals surface area contributed by atoms with Gasteiger partial charge in [-0.3, -0.25) is 0 Å². The third-order valence-corrected chi connectivity index (χ3v) is 5.00. The fourth-order valence-electron chi connectivity index (χ4n) is 1.98. The number of nitrogens with one attached hydrogen (secondary N) is 1. The van der Waals surface area contributed by atoms with Crippen molar-refractivity contribution in [2.45, 2.75) is 18.3 Å². The van der Waals surface area contributed by atoms with Crippen LogP contribution in [0, 0.1) is 0 Å². The first-order chi connectivity index (χ1) is 9.08. The minimum Gasteiger partial charge on any atom is -0.390 e. The highest BCUT2D eigenvalue weighted by molar-refractivity contribution is 7.91. The Kier molecular flexibility index (Phi) is 3.92. The molecule has 2 N–H and O–H groups in total. The van der Waals surface area contributed by atoms with E-state index in [1.165, 1.54) is 0 Å². The van der Waals surface area contributed by atoms with Crippen molar-refractivity contribution >= 4 is 27.1 Å². The van der Waals surface area contributed by atoms with E-state index in [1.54, 1.807) is 0 Å². The van der Waals surface area contributed by atoms with E-state index in [0.717, 1.165) is 18.2 Å². The average Bonchev–Trinajstić information content (AvgIpc) is 2.53. The lowest BCUT2D eigenvalue weighted by molar-refractivity contribution is -0.137. The van der Waals surface area contributed by atoms with E-state index in [1.807, 2.05) is 0 Å². The molecule has 0 amide bonds. The Morgan fingerprint density at radius 1 is 1.30 bits per heavy atom. The third kappa shape index (κ3) is 3.36. The summed E-state index contributed by atoms with van der Waals surface area (Å²) < 4.78 is 60.5. The van der Waals surface area contributed by atoms with E-state index in [9.17, 15) is 26.7 Å². The molecule has 0 aliphatic carbocycles. The number of hydrogen-bond donors (Lipinski definition) is 2. The fourth-order valence-corrected chi connectivity index (χ4v) is 3.89. The highest BCUT2D eigenvalue weighted by Crippen LogP contribution is 2.34. The van der Waals surface area contributed by atoms with Crippen molar-refractivity contribution < 1.29 is 26.7 Å². The van der Waals surface area contributed by atoms with Gasteiger partial charge in [-0.25, -0.2) is 8.42 Å². The van der Waals surface area contributed by atoms with Crippen molar-refractivity contribution in [3.63, 3.8) is 0 Å². The summed E-state index contributed by atoms with van der Waals surface area (Å²) in [7, 11) is -3.39. The Bertz CT molecular complexity index is 618. The molecule has 0 spiro atoms. The van der Waals surface area contributed by atoms with Crippen LogP contribution in [0.3, 0.4) is 0 Å². The van der Waals surface area contributed by atoms with Crippen LogP contribution in [0.25, 0.3) is 0 Å². The molecule has 0 aromatic heterocycles. The molecule has 20 heavy (non-hydrogen) atoms. The molecule has 0 saturated carbocycles. The average molecular weight is 330 g/mol. The van der Waals surface area contributed by atoms with Gasteiger partial charge in [0.25, 0.3) is 0 Å². The maximum absolute atomic E-state index is 12.6. The maximum Gasteiger partial charge on any atom is 0.416 e. The summed E-state index contributed by atoms with van der Waals surface area (Å²) in [6, 6.07) is 1.82. The van der Waals surface area contributed by atoms with Crippen molar-refractivity contribution in [1.29, 1.82) is 0 Å². The van der Waals surface area contributed by atoms with Gasteiger partial charge in [0.1, 0.15) is 0 Å². The molecule has 1 aliphatic heterocycles. The highest BCUT2D eigenvalue weighted by atomic mass is 35.5. The Labute approximate surface area is 118 Å². The number of benzene rings is 1. The SMILES string of the molecule is O=S1(=O)CC(O)C(Nc2cc(C(F)(F)F)ccc2Cl)C1. The number of sulfone groups is 1. The van der Waals surface area contributed by atoms with Crippen LogP contribution in [0.1, 0.15) is 5.56 Å². The van der Waals surface area contributed by atoms with E-state index in [4.69, 9.17) is 11.6 Å². The van der Waals surface area contributed by atoms with Gasteiger partial charge in [0.2, 0.25) is 0 Å². The molecule has 1 aliphatic rings. The molecular formula is C11H11ClF3NO3S. The van der Waals surface area contributed by atoms with Crippen LogP contribution in [0.15, 0.2) is 18.2 Å². The Morgan fingerprint density at radius 3 is 2.45 bits per heavy atom. The number of rotatable bonds is 2. The molecule has 2 unspecified atom stereocenters. The minimum absolute atomic E-state index is 0.0227. The molecule has 2 rings (SSSR count). The first-order valence-electron chi connectivity index (χ1n) is 5.60.